The van der Waals surface area contributed by atoms with Gasteiger partial charge in [0, 0.05) is 25.0 Å². The maximum absolute atomic E-state index is 8.55. The van der Waals surface area contributed by atoms with Crippen molar-refractivity contribution >= 4 is 11.6 Å². The zero-order valence-electron chi connectivity index (χ0n) is 5.39. The highest BCUT2D eigenvalue weighted by Crippen LogP contribution is 2.04. The highest BCUT2D eigenvalue weighted by molar-refractivity contribution is 6.17. The predicted octanol–water partition coefficient (Wildman–Crippen LogP) is 0.606. The van der Waals surface area contributed by atoms with Crippen LogP contribution in [-0.4, -0.2) is 29.3 Å². The third-order valence-electron chi connectivity index (χ3n) is 1.26. The van der Waals surface area contributed by atoms with Crippen LogP contribution in [0, 0.1) is 5.92 Å². The largest absolute Gasteiger partial charge is 0.396 e. The molecule has 0 aromatic rings. The summed E-state index contributed by atoms with van der Waals surface area (Å²) in [6.45, 7) is 0.126. The molecule has 0 saturated heterocycles. The maximum Gasteiger partial charge on any atom is 0.0481 e. The molecule has 2 nitrogen and oxygen atoms in total. The van der Waals surface area contributed by atoms with Crippen molar-refractivity contribution in [2.45, 2.75) is 12.8 Å². The number of hydrogen-bond acceptors (Lipinski definition) is 2. The molecule has 2 N–H and O–H groups in total. The van der Waals surface area contributed by atoms with Gasteiger partial charge in [0.15, 0.2) is 0 Å². The van der Waals surface area contributed by atoms with Gasteiger partial charge in [-0.3, -0.25) is 0 Å². The first-order valence-corrected chi connectivity index (χ1v) is 3.66. The van der Waals surface area contributed by atoms with Gasteiger partial charge in [0.2, 0.25) is 0 Å². The Morgan fingerprint density at radius 1 is 1.22 bits per heavy atom. The van der Waals surface area contributed by atoms with Crippen LogP contribution in [0.4, 0.5) is 0 Å². The molecule has 0 fully saturated rings. The average molecular weight is 153 g/mol. The molecule has 0 aromatic heterocycles. The van der Waals surface area contributed by atoms with Crippen molar-refractivity contribution in [3.8, 4) is 0 Å². The van der Waals surface area contributed by atoms with E-state index in [2.05, 4.69) is 0 Å². The minimum atomic E-state index is 0.0312. The van der Waals surface area contributed by atoms with Gasteiger partial charge in [-0.05, 0) is 12.8 Å². The summed E-state index contributed by atoms with van der Waals surface area (Å²) < 4.78 is 0. The molecular formula is C6H13ClO2. The molecule has 56 valence electrons. The second kappa shape index (κ2) is 6.33. The van der Waals surface area contributed by atoms with Crippen LogP contribution in [0.2, 0.25) is 0 Å². The molecular weight excluding hydrogens is 140 g/mol. The predicted molar refractivity (Wildman–Crippen MR) is 37.6 cm³/mol. The molecule has 3 heteroatoms. The van der Waals surface area contributed by atoms with Crippen molar-refractivity contribution in [3.63, 3.8) is 0 Å². The van der Waals surface area contributed by atoms with Gasteiger partial charge < -0.3 is 10.2 Å². The zero-order chi connectivity index (χ0) is 7.11. The normalized spacial score (nSPS) is 10.7. The molecule has 0 saturated carbocycles. The fraction of sp³-hybridized carbons (Fsp3) is 1.00. The summed E-state index contributed by atoms with van der Waals surface area (Å²) in [5.41, 5.74) is 0. The quantitative estimate of drug-likeness (QED) is 0.567. The maximum atomic E-state index is 8.55. The van der Waals surface area contributed by atoms with Gasteiger partial charge in [-0.15, -0.1) is 11.6 Å². The number of rotatable bonds is 5. The molecule has 0 heterocycles. The van der Waals surface area contributed by atoms with E-state index in [-0.39, 0.29) is 19.1 Å². The Morgan fingerprint density at radius 3 is 2.11 bits per heavy atom. The summed E-state index contributed by atoms with van der Waals surface area (Å²) in [6, 6.07) is 0. The Bertz CT molecular complexity index is 55.0. The number of halogens is 1. The molecule has 0 aromatic carbocycles. The van der Waals surface area contributed by atoms with E-state index in [1.54, 1.807) is 0 Å². The third-order valence-corrected chi connectivity index (χ3v) is 1.53. The minimum absolute atomic E-state index is 0.0312. The summed E-state index contributed by atoms with van der Waals surface area (Å²) in [4.78, 5) is 0. The van der Waals surface area contributed by atoms with Crippen molar-refractivity contribution in [2.75, 3.05) is 19.1 Å². The van der Waals surface area contributed by atoms with Gasteiger partial charge in [-0.1, -0.05) is 0 Å². The van der Waals surface area contributed by atoms with Gasteiger partial charge in [0.25, 0.3) is 0 Å². The average Bonchev–Trinajstić information content (AvgIpc) is 1.91. The molecule has 9 heavy (non-hydrogen) atoms. The SMILES string of the molecule is OCC(CO)CCCCl. The van der Waals surface area contributed by atoms with Crippen molar-refractivity contribution in [1.82, 2.24) is 0 Å². The molecule has 0 rings (SSSR count). The fourth-order valence-corrected chi connectivity index (χ4v) is 0.760. The Balaban J connectivity index is 3.09. The smallest absolute Gasteiger partial charge is 0.0481 e. The molecule has 0 unspecified atom stereocenters. The van der Waals surface area contributed by atoms with Crippen molar-refractivity contribution in [2.24, 2.45) is 5.92 Å². The van der Waals surface area contributed by atoms with Gasteiger partial charge in [0.05, 0.1) is 0 Å². The molecule has 0 atom stereocenters. The second-order valence-electron chi connectivity index (χ2n) is 2.06. The van der Waals surface area contributed by atoms with E-state index in [0.717, 1.165) is 12.8 Å². The molecule has 0 aliphatic heterocycles. The van der Waals surface area contributed by atoms with Gasteiger partial charge >= 0.3 is 0 Å². The van der Waals surface area contributed by atoms with Gasteiger partial charge in [-0.2, -0.15) is 0 Å². The standard InChI is InChI=1S/C6H13ClO2/c7-3-1-2-6(4-8)5-9/h6,8-9H,1-5H2. The van der Waals surface area contributed by atoms with E-state index < -0.39 is 0 Å². The van der Waals surface area contributed by atoms with E-state index in [9.17, 15) is 0 Å². The molecule has 0 aliphatic carbocycles. The highest BCUT2D eigenvalue weighted by Gasteiger charge is 2.03. The number of alkyl halides is 1. The van der Waals surface area contributed by atoms with Crippen molar-refractivity contribution in [3.05, 3.63) is 0 Å². The second-order valence-corrected chi connectivity index (χ2v) is 2.44. The first kappa shape index (κ1) is 9.21. The summed E-state index contributed by atoms with van der Waals surface area (Å²) in [7, 11) is 0. The lowest BCUT2D eigenvalue weighted by atomic mass is 10.1. The van der Waals surface area contributed by atoms with Crippen LogP contribution >= 0.6 is 11.6 Å². The Hall–Kier alpha value is 0.210. The number of aliphatic hydroxyl groups is 2. The van der Waals surface area contributed by atoms with Crippen molar-refractivity contribution in [1.29, 1.82) is 0 Å². The van der Waals surface area contributed by atoms with E-state index in [1.807, 2.05) is 0 Å². The van der Waals surface area contributed by atoms with E-state index in [4.69, 9.17) is 21.8 Å². The fourth-order valence-electron chi connectivity index (χ4n) is 0.606. The lowest BCUT2D eigenvalue weighted by molar-refractivity contribution is 0.143. The molecule has 0 amide bonds. The summed E-state index contributed by atoms with van der Waals surface area (Å²) in [5, 5.41) is 17.1. The lowest BCUT2D eigenvalue weighted by Crippen LogP contribution is -2.10. The van der Waals surface area contributed by atoms with Gasteiger partial charge in [-0.25, -0.2) is 0 Å². The first-order chi connectivity index (χ1) is 4.35. The van der Waals surface area contributed by atoms with Gasteiger partial charge in [0.1, 0.15) is 0 Å². The number of aliphatic hydroxyl groups excluding tert-OH is 2. The molecule has 0 bridgehead atoms. The summed E-state index contributed by atoms with van der Waals surface area (Å²) >= 11 is 5.40. The molecule has 0 spiro atoms. The monoisotopic (exact) mass is 152 g/mol. The lowest BCUT2D eigenvalue weighted by Gasteiger charge is -2.07. The van der Waals surface area contributed by atoms with E-state index in [1.165, 1.54) is 0 Å². The molecule has 0 radical (unpaired) electrons. The summed E-state index contributed by atoms with van der Waals surface area (Å²) in [6.07, 6.45) is 1.68. The van der Waals surface area contributed by atoms with Crippen molar-refractivity contribution < 1.29 is 10.2 Å². The highest BCUT2D eigenvalue weighted by atomic mass is 35.5. The van der Waals surface area contributed by atoms with Crippen LogP contribution in [0.25, 0.3) is 0 Å². The zero-order valence-corrected chi connectivity index (χ0v) is 6.14. The molecule has 0 aliphatic rings. The van der Waals surface area contributed by atoms with E-state index >= 15 is 0 Å². The van der Waals surface area contributed by atoms with Crippen LogP contribution in [0.5, 0.6) is 0 Å². The Kier molecular flexibility index (Phi) is 6.48. The topological polar surface area (TPSA) is 40.5 Å². The summed E-state index contributed by atoms with van der Waals surface area (Å²) in [5.74, 6) is 0.639. The third kappa shape index (κ3) is 4.70. The minimum Gasteiger partial charge on any atom is -0.396 e. The number of hydrogen-bond donors (Lipinski definition) is 2. The van der Waals surface area contributed by atoms with Crippen LogP contribution in [0.3, 0.4) is 0 Å². The first-order valence-electron chi connectivity index (χ1n) is 3.12. The Morgan fingerprint density at radius 2 is 1.78 bits per heavy atom. The van der Waals surface area contributed by atoms with E-state index in [0.29, 0.717) is 5.88 Å². The van der Waals surface area contributed by atoms with Crippen LogP contribution < -0.4 is 0 Å². The van der Waals surface area contributed by atoms with Crippen LogP contribution in [0.15, 0.2) is 0 Å². The Labute approximate surface area is 60.5 Å². The van der Waals surface area contributed by atoms with Crippen LogP contribution in [-0.2, 0) is 0 Å². The van der Waals surface area contributed by atoms with Crippen LogP contribution in [0.1, 0.15) is 12.8 Å².